The first-order valence-corrected chi connectivity index (χ1v) is 10.0. The monoisotopic (exact) mass is 405 g/mol. The Kier molecular flexibility index (Phi) is 11.0. The van der Waals surface area contributed by atoms with Crippen LogP contribution < -0.4 is 27.4 Å². The van der Waals surface area contributed by atoms with E-state index in [-0.39, 0.29) is 30.9 Å². The molecule has 11 N–H and O–H groups in total. The molecule has 0 amide bonds. The van der Waals surface area contributed by atoms with Crippen LogP contribution >= 0.6 is 0 Å². The smallest absolute Gasteiger partial charge is 0.151 e. The molecule has 0 spiro atoms. The summed E-state index contributed by atoms with van der Waals surface area (Å²) in [5.74, 6) is -0.0865. The summed E-state index contributed by atoms with van der Waals surface area (Å²) in [6.45, 7) is 3.90. The lowest BCUT2D eigenvalue weighted by Crippen LogP contribution is -2.56. The number of hydrogen-bond acceptors (Lipinski definition) is 10. The fourth-order valence-corrected chi connectivity index (χ4v) is 3.28. The predicted molar refractivity (Wildman–Crippen MR) is 106 cm³/mol. The average molecular weight is 406 g/mol. The molecule has 28 heavy (non-hydrogen) atoms. The second kappa shape index (κ2) is 12.1. The zero-order valence-electron chi connectivity index (χ0n) is 17.0. The molecule has 0 saturated heterocycles. The van der Waals surface area contributed by atoms with E-state index in [1.54, 1.807) is 0 Å². The van der Waals surface area contributed by atoms with Gasteiger partial charge in [0, 0.05) is 17.5 Å². The van der Waals surface area contributed by atoms with Crippen molar-refractivity contribution in [2.45, 2.75) is 89.3 Å². The van der Waals surface area contributed by atoms with Crippen LogP contribution in [0.4, 0.5) is 0 Å². The molecule has 0 radical (unpaired) electrons. The third-order valence-corrected chi connectivity index (χ3v) is 5.50. The van der Waals surface area contributed by atoms with E-state index in [0.717, 1.165) is 19.3 Å². The molecule has 1 saturated carbocycles. The molecular formula is C18H39N5O5. The Morgan fingerprint density at radius 2 is 1.75 bits per heavy atom. The standard InChI is InChI=1S/C18H39N5O5/c1-11(22-14(12(2)25)5-6-15(26)27)13(4-3-9-21-17(19)20)23-16(28)18(10-24)7-8-18/h11,13-17,21-24,26-28H,3-10,19-20H2,1-2H3/t11?,13-,14-,16?/m0/s1. The Labute approximate surface area is 167 Å². The summed E-state index contributed by atoms with van der Waals surface area (Å²) in [6, 6.07) is -0.863. The minimum absolute atomic E-state index is 0.0796. The van der Waals surface area contributed by atoms with Gasteiger partial charge in [-0.3, -0.25) is 15.4 Å². The molecule has 10 nitrogen and oxygen atoms in total. The molecule has 2 unspecified atom stereocenters. The van der Waals surface area contributed by atoms with Crippen LogP contribution in [0.1, 0.15) is 52.4 Å². The van der Waals surface area contributed by atoms with Gasteiger partial charge >= 0.3 is 0 Å². The molecule has 0 aromatic rings. The molecule has 1 aliphatic rings. The van der Waals surface area contributed by atoms with E-state index in [2.05, 4.69) is 16.0 Å². The fourth-order valence-electron chi connectivity index (χ4n) is 3.28. The number of carbonyl (C=O) groups is 1. The quantitative estimate of drug-likeness (QED) is 0.0992. The van der Waals surface area contributed by atoms with Crippen LogP contribution in [0.3, 0.4) is 0 Å². The summed E-state index contributed by atoms with van der Waals surface area (Å²) in [4.78, 5) is 11.9. The summed E-state index contributed by atoms with van der Waals surface area (Å²) in [5, 5.41) is 47.6. The van der Waals surface area contributed by atoms with Crippen LogP contribution in [0.2, 0.25) is 0 Å². The van der Waals surface area contributed by atoms with Gasteiger partial charge in [0.25, 0.3) is 0 Å². The average Bonchev–Trinajstić information content (AvgIpc) is 3.41. The van der Waals surface area contributed by atoms with Crippen LogP contribution in [-0.4, -0.2) is 76.3 Å². The zero-order valence-corrected chi connectivity index (χ0v) is 17.0. The van der Waals surface area contributed by atoms with Crippen molar-refractivity contribution in [1.82, 2.24) is 16.0 Å². The van der Waals surface area contributed by atoms with E-state index in [1.165, 1.54) is 6.92 Å². The SMILES string of the molecule is CC(=O)[C@H](CCC(O)O)NC(C)[C@H](CCCNC(N)N)NC(O)C1(CO)CC1. The van der Waals surface area contributed by atoms with Crippen molar-refractivity contribution in [3.8, 4) is 0 Å². The lowest BCUT2D eigenvalue weighted by atomic mass is 9.98. The lowest BCUT2D eigenvalue weighted by molar-refractivity contribution is -0.120. The van der Waals surface area contributed by atoms with Crippen molar-refractivity contribution in [3.05, 3.63) is 0 Å². The Bertz CT molecular complexity index is 462. The van der Waals surface area contributed by atoms with Gasteiger partial charge < -0.3 is 37.2 Å². The summed E-state index contributed by atoms with van der Waals surface area (Å²) >= 11 is 0. The number of hydrogen-bond donors (Lipinski definition) is 9. The summed E-state index contributed by atoms with van der Waals surface area (Å²) in [5.41, 5.74) is 10.5. The minimum atomic E-state index is -1.46. The Morgan fingerprint density at radius 1 is 1.11 bits per heavy atom. The molecule has 0 bridgehead atoms. The number of carbonyl (C=O) groups excluding carboxylic acids is 1. The highest BCUT2D eigenvalue weighted by Crippen LogP contribution is 2.47. The second-order valence-electron chi connectivity index (χ2n) is 7.99. The van der Waals surface area contributed by atoms with Gasteiger partial charge in [-0.2, -0.15) is 0 Å². The molecule has 4 atom stereocenters. The van der Waals surface area contributed by atoms with E-state index in [4.69, 9.17) is 21.7 Å². The molecule has 0 aliphatic heterocycles. The predicted octanol–water partition coefficient (Wildman–Crippen LogP) is -2.37. The number of aliphatic hydroxyl groups is 4. The van der Waals surface area contributed by atoms with Gasteiger partial charge in [-0.15, -0.1) is 0 Å². The van der Waals surface area contributed by atoms with Crippen LogP contribution in [0.15, 0.2) is 0 Å². The third kappa shape index (κ3) is 8.76. The lowest BCUT2D eigenvalue weighted by Gasteiger charge is -2.33. The van der Waals surface area contributed by atoms with Gasteiger partial charge in [-0.25, -0.2) is 0 Å². The topological polar surface area (TPSA) is 186 Å². The maximum absolute atomic E-state index is 11.9. The number of nitrogens with two attached hydrogens (primary N) is 2. The maximum Gasteiger partial charge on any atom is 0.151 e. The summed E-state index contributed by atoms with van der Waals surface area (Å²) < 4.78 is 0. The number of nitrogens with one attached hydrogen (secondary N) is 3. The molecular weight excluding hydrogens is 366 g/mol. The molecule has 166 valence electrons. The van der Waals surface area contributed by atoms with E-state index in [9.17, 15) is 15.0 Å². The van der Waals surface area contributed by atoms with E-state index in [1.807, 2.05) is 6.92 Å². The normalized spacial score (nSPS) is 20.2. The molecule has 0 heterocycles. The van der Waals surface area contributed by atoms with Crippen molar-refractivity contribution in [2.75, 3.05) is 13.2 Å². The van der Waals surface area contributed by atoms with Gasteiger partial charge in [-0.1, -0.05) is 0 Å². The molecule has 0 aromatic heterocycles. The van der Waals surface area contributed by atoms with Crippen LogP contribution in [0.5, 0.6) is 0 Å². The first-order valence-electron chi connectivity index (χ1n) is 10.0. The highest BCUT2D eigenvalue weighted by atomic mass is 16.5. The van der Waals surface area contributed by atoms with E-state index in [0.29, 0.717) is 19.4 Å². The zero-order chi connectivity index (χ0) is 21.3. The van der Waals surface area contributed by atoms with Crippen molar-refractivity contribution in [3.63, 3.8) is 0 Å². The van der Waals surface area contributed by atoms with Crippen LogP contribution in [0, 0.1) is 5.41 Å². The van der Waals surface area contributed by atoms with Gasteiger partial charge in [0.2, 0.25) is 0 Å². The molecule has 1 rings (SSSR count). The Hall–Kier alpha value is -0.690. The second-order valence-corrected chi connectivity index (χ2v) is 7.99. The van der Waals surface area contributed by atoms with E-state index < -0.39 is 30.3 Å². The number of rotatable bonds is 16. The van der Waals surface area contributed by atoms with Gasteiger partial charge in [0.1, 0.15) is 18.3 Å². The number of ketones is 1. The Morgan fingerprint density at radius 3 is 2.21 bits per heavy atom. The van der Waals surface area contributed by atoms with Crippen LogP contribution in [0.25, 0.3) is 0 Å². The molecule has 1 aliphatic carbocycles. The molecule has 1 fully saturated rings. The van der Waals surface area contributed by atoms with E-state index >= 15 is 0 Å². The van der Waals surface area contributed by atoms with Crippen molar-refractivity contribution in [2.24, 2.45) is 16.9 Å². The minimum Gasteiger partial charge on any atom is -0.396 e. The summed E-state index contributed by atoms with van der Waals surface area (Å²) in [7, 11) is 0. The number of aliphatic hydroxyl groups excluding tert-OH is 3. The maximum atomic E-state index is 11.9. The van der Waals surface area contributed by atoms with Gasteiger partial charge in [0.05, 0.1) is 12.6 Å². The fraction of sp³-hybridized carbons (Fsp3) is 0.944. The van der Waals surface area contributed by atoms with Crippen molar-refractivity contribution < 1.29 is 25.2 Å². The van der Waals surface area contributed by atoms with Crippen molar-refractivity contribution >= 4 is 5.78 Å². The third-order valence-electron chi connectivity index (χ3n) is 5.50. The largest absolute Gasteiger partial charge is 0.396 e. The highest BCUT2D eigenvalue weighted by molar-refractivity contribution is 5.81. The Balaban J connectivity index is 2.69. The highest BCUT2D eigenvalue weighted by Gasteiger charge is 2.49. The molecule has 0 aromatic carbocycles. The van der Waals surface area contributed by atoms with Gasteiger partial charge in [0.15, 0.2) is 6.29 Å². The first-order chi connectivity index (χ1) is 13.1. The number of Topliss-reactive ketones (excluding diaryl/α,β-unsaturated/α-hetero) is 1. The summed E-state index contributed by atoms with van der Waals surface area (Å²) in [6.07, 6.45) is 0.455. The first kappa shape index (κ1) is 25.3. The van der Waals surface area contributed by atoms with Crippen molar-refractivity contribution in [1.29, 1.82) is 0 Å². The van der Waals surface area contributed by atoms with Gasteiger partial charge in [-0.05, 0) is 58.9 Å². The van der Waals surface area contributed by atoms with Crippen LogP contribution in [-0.2, 0) is 4.79 Å². The molecule has 10 heteroatoms.